The molecule has 3 aromatic rings. The number of carboxylic acid groups (broad SMARTS) is 1. The number of rotatable bonds is 6. The van der Waals surface area contributed by atoms with Crippen molar-refractivity contribution >= 4 is 47.2 Å². The first-order valence-electron chi connectivity index (χ1n) is 9.58. The third-order valence-electron chi connectivity index (χ3n) is 4.68. The monoisotopic (exact) mass is 465 g/mol. The van der Waals surface area contributed by atoms with Gasteiger partial charge >= 0.3 is 12.0 Å². The Hall–Kier alpha value is -4.44. The van der Waals surface area contributed by atoms with E-state index < -0.39 is 30.4 Å². The van der Waals surface area contributed by atoms with Gasteiger partial charge in [-0.3, -0.25) is 9.59 Å². The maximum absolute atomic E-state index is 12.6. The lowest BCUT2D eigenvalue weighted by Crippen LogP contribution is -2.38. The van der Waals surface area contributed by atoms with E-state index in [4.69, 9.17) is 16.7 Å². The van der Waals surface area contributed by atoms with Crippen molar-refractivity contribution in [3.63, 3.8) is 0 Å². The van der Waals surface area contributed by atoms with Crippen molar-refractivity contribution in [3.05, 3.63) is 83.0 Å². The molecule has 11 heteroatoms. The predicted molar refractivity (Wildman–Crippen MR) is 119 cm³/mol. The lowest BCUT2D eigenvalue weighted by atomic mass is 10.2. The largest absolute Gasteiger partial charge is 0.478 e. The average molecular weight is 466 g/mol. The molecule has 10 nitrogen and oxygen atoms in total. The third kappa shape index (κ3) is 4.91. The number of hydrogen-bond acceptors (Lipinski definition) is 5. The van der Waals surface area contributed by atoms with Gasteiger partial charge in [-0.1, -0.05) is 17.7 Å². The van der Waals surface area contributed by atoms with E-state index in [1.54, 1.807) is 47.2 Å². The van der Waals surface area contributed by atoms with E-state index in [-0.39, 0.29) is 11.3 Å². The van der Waals surface area contributed by atoms with Gasteiger partial charge in [-0.25, -0.2) is 19.5 Å². The highest BCUT2D eigenvalue weighted by Gasteiger charge is 2.35. The molecule has 2 heterocycles. The normalized spacial score (nSPS) is 14.5. The van der Waals surface area contributed by atoms with Crippen LogP contribution in [0.3, 0.4) is 0 Å². The highest BCUT2D eigenvalue weighted by atomic mass is 35.5. The third-order valence-corrected chi connectivity index (χ3v) is 4.93. The summed E-state index contributed by atoms with van der Waals surface area (Å²) in [4.78, 5) is 53.2. The van der Waals surface area contributed by atoms with Gasteiger partial charge in [0.1, 0.15) is 12.2 Å². The Balaban J connectivity index is 1.45. The van der Waals surface area contributed by atoms with Crippen LogP contribution in [0.2, 0.25) is 5.02 Å². The number of aromatic carboxylic acids is 1. The second-order valence-corrected chi connectivity index (χ2v) is 7.43. The van der Waals surface area contributed by atoms with Crippen molar-refractivity contribution in [1.82, 2.24) is 19.8 Å². The number of benzene rings is 2. The van der Waals surface area contributed by atoms with Crippen molar-refractivity contribution < 1.29 is 24.3 Å². The predicted octanol–water partition coefficient (Wildman–Crippen LogP) is 2.76. The Morgan fingerprint density at radius 3 is 2.64 bits per heavy atom. The fourth-order valence-corrected chi connectivity index (χ4v) is 3.22. The van der Waals surface area contributed by atoms with Gasteiger partial charge in [0, 0.05) is 22.6 Å². The molecule has 1 fully saturated rings. The van der Waals surface area contributed by atoms with Gasteiger partial charge in [-0.15, -0.1) is 0 Å². The smallest absolute Gasteiger partial charge is 0.335 e. The van der Waals surface area contributed by atoms with Crippen LogP contribution in [0.4, 0.5) is 10.5 Å². The number of nitrogens with one attached hydrogen (secondary N) is 2. The van der Waals surface area contributed by atoms with E-state index in [1.807, 2.05) is 0 Å². The van der Waals surface area contributed by atoms with E-state index >= 15 is 0 Å². The number of carbonyl (C=O) groups excluding carboxylic acids is 3. The van der Waals surface area contributed by atoms with Crippen LogP contribution in [0.25, 0.3) is 11.8 Å². The number of carbonyl (C=O) groups is 4. The summed E-state index contributed by atoms with van der Waals surface area (Å²) in [6.45, 7) is -0.471. The van der Waals surface area contributed by atoms with Gasteiger partial charge in [0.2, 0.25) is 5.91 Å². The molecule has 4 amide bonds. The van der Waals surface area contributed by atoms with Crippen LogP contribution in [0.5, 0.6) is 0 Å². The molecular weight excluding hydrogens is 450 g/mol. The molecular formula is C22H16ClN5O5. The zero-order valence-corrected chi connectivity index (χ0v) is 17.6. The molecule has 33 heavy (non-hydrogen) atoms. The second-order valence-electron chi connectivity index (χ2n) is 7.00. The SMILES string of the molecule is O=C(CN1C(=O)N/C(=C\c2cn(-c3cccc(C(=O)O)c3)cn2)C1=O)Nc1ccc(Cl)cc1. The number of urea groups is 1. The van der Waals surface area contributed by atoms with E-state index in [0.717, 1.165) is 4.90 Å². The first-order valence-corrected chi connectivity index (χ1v) is 9.95. The zero-order valence-electron chi connectivity index (χ0n) is 16.9. The first kappa shape index (κ1) is 21.8. The number of imide groups is 1. The number of aromatic nitrogens is 2. The van der Waals surface area contributed by atoms with E-state index in [2.05, 4.69) is 15.6 Å². The molecule has 0 aliphatic carbocycles. The summed E-state index contributed by atoms with van der Waals surface area (Å²) < 4.78 is 1.58. The fraction of sp³-hybridized carbons (Fsp3) is 0.0455. The Labute approximate surface area is 192 Å². The summed E-state index contributed by atoms with van der Waals surface area (Å²) in [6.07, 6.45) is 4.39. The number of amides is 4. The van der Waals surface area contributed by atoms with Crippen molar-refractivity contribution in [2.75, 3.05) is 11.9 Å². The molecule has 0 spiro atoms. The molecule has 0 saturated carbocycles. The first-order chi connectivity index (χ1) is 15.8. The van der Waals surface area contributed by atoms with E-state index in [9.17, 15) is 19.2 Å². The summed E-state index contributed by atoms with van der Waals surface area (Å²) in [5.41, 5.74) is 1.47. The molecule has 4 rings (SSSR count). The van der Waals surface area contributed by atoms with Gasteiger partial charge in [-0.05, 0) is 48.5 Å². The van der Waals surface area contributed by atoms with E-state index in [0.29, 0.717) is 22.1 Å². The summed E-state index contributed by atoms with van der Waals surface area (Å²) in [5.74, 6) is -2.28. The van der Waals surface area contributed by atoms with Crippen LogP contribution < -0.4 is 10.6 Å². The molecule has 1 saturated heterocycles. The summed E-state index contributed by atoms with van der Waals surface area (Å²) >= 11 is 5.81. The van der Waals surface area contributed by atoms with Crippen molar-refractivity contribution in [1.29, 1.82) is 0 Å². The van der Waals surface area contributed by atoms with Gasteiger partial charge in [0.15, 0.2) is 0 Å². The molecule has 0 unspecified atom stereocenters. The van der Waals surface area contributed by atoms with Gasteiger partial charge in [-0.2, -0.15) is 0 Å². The van der Waals surface area contributed by atoms with Crippen molar-refractivity contribution in [2.45, 2.75) is 0 Å². The standard InChI is InChI=1S/C22H16ClN5O5/c23-14-4-6-15(7-5-14)25-19(29)11-28-20(30)18(26-22(28)33)9-16-10-27(12-24-16)17-3-1-2-13(8-17)21(31)32/h1-10,12H,11H2,(H,25,29)(H,26,33)(H,31,32)/b18-9-. The lowest BCUT2D eigenvalue weighted by molar-refractivity contribution is -0.127. The molecule has 0 bridgehead atoms. The topological polar surface area (TPSA) is 134 Å². The zero-order chi connectivity index (χ0) is 23.5. The summed E-state index contributed by atoms with van der Waals surface area (Å²) in [7, 11) is 0. The Kier molecular flexibility index (Phi) is 5.92. The van der Waals surface area contributed by atoms with Crippen LogP contribution in [-0.2, 0) is 9.59 Å². The maximum Gasteiger partial charge on any atom is 0.335 e. The Morgan fingerprint density at radius 2 is 1.91 bits per heavy atom. The van der Waals surface area contributed by atoms with Gasteiger partial charge in [0.25, 0.3) is 5.91 Å². The van der Waals surface area contributed by atoms with Crippen LogP contribution >= 0.6 is 11.6 Å². The highest BCUT2D eigenvalue weighted by Crippen LogP contribution is 2.17. The number of anilines is 1. The van der Waals surface area contributed by atoms with Crippen molar-refractivity contribution in [3.8, 4) is 5.69 Å². The summed E-state index contributed by atoms with van der Waals surface area (Å²) in [5, 5.41) is 14.7. The highest BCUT2D eigenvalue weighted by molar-refractivity contribution is 6.30. The molecule has 1 aliphatic heterocycles. The maximum atomic E-state index is 12.6. The Morgan fingerprint density at radius 1 is 1.15 bits per heavy atom. The number of halogens is 1. The van der Waals surface area contributed by atoms with Gasteiger partial charge < -0.3 is 20.3 Å². The molecule has 1 aromatic heterocycles. The number of carboxylic acids is 1. The van der Waals surface area contributed by atoms with Crippen LogP contribution in [-0.4, -0.2) is 49.9 Å². The number of imidazole rings is 1. The Bertz CT molecular complexity index is 1300. The van der Waals surface area contributed by atoms with Gasteiger partial charge in [0.05, 0.1) is 17.6 Å². The number of nitrogens with zero attached hydrogens (tertiary/aromatic N) is 3. The van der Waals surface area contributed by atoms with Crippen LogP contribution in [0.1, 0.15) is 16.1 Å². The summed E-state index contributed by atoms with van der Waals surface area (Å²) in [6, 6.07) is 11.9. The molecule has 2 aromatic carbocycles. The minimum absolute atomic E-state index is 0.0381. The second kappa shape index (κ2) is 8.97. The quantitative estimate of drug-likeness (QED) is 0.378. The number of hydrogen-bond donors (Lipinski definition) is 3. The minimum atomic E-state index is -1.06. The fourth-order valence-electron chi connectivity index (χ4n) is 3.09. The average Bonchev–Trinajstić information content (AvgIpc) is 3.36. The van der Waals surface area contributed by atoms with Crippen LogP contribution in [0, 0.1) is 0 Å². The molecule has 0 atom stereocenters. The molecule has 166 valence electrons. The lowest BCUT2D eigenvalue weighted by Gasteiger charge is -2.11. The van der Waals surface area contributed by atoms with Crippen LogP contribution in [0.15, 0.2) is 66.8 Å². The molecule has 3 N–H and O–H groups in total. The minimum Gasteiger partial charge on any atom is -0.478 e. The van der Waals surface area contributed by atoms with Crippen molar-refractivity contribution in [2.24, 2.45) is 0 Å². The molecule has 0 radical (unpaired) electrons. The van der Waals surface area contributed by atoms with E-state index in [1.165, 1.54) is 24.5 Å². The molecule has 1 aliphatic rings.